The number of nitrogens with zero attached hydrogens (tertiary/aromatic N) is 1. The fraction of sp³-hybridized carbons (Fsp3) is 0.500. The lowest BCUT2D eigenvalue weighted by atomic mass is 9.95. The monoisotopic (exact) mass is 295 g/mol. The highest BCUT2D eigenvalue weighted by Crippen LogP contribution is 2.25. The molecule has 0 aliphatic carbocycles. The molecule has 2 atom stereocenters. The van der Waals surface area contributed by atoms with Gasteiger partial charge in [-0.15, -0.1) is 0 Å². The van der Waals surface area contributed by atoms with Crippen molar-refractivity contribution in [3.63, 3.8) is 0 Å². The Morgan fingerprint density at radius 1 is 1.35 bits per heavy atom. The van der Waals surface area contributed by atoms with Crippen molar-refractivity contribution < 1.29 is 4.79 Å². The van der Waals surface area contributed by atoms with Crippen molar-refractivity contribution >= 4 is 21.7 Å². The van der Waals surface area contributed by atoms with E-state index in [4.69, 9.17) is 0 Å². The van der Waals surface area contributed by atoms with Crippen molar-refractivity contribution in [1.82, 2.24) is 4.90 Å². The molecule has 1 saturated heterocycles. The molecule has 92 valence electrons. The molecule has 0 amide bonds. The zero-order valence-corrected chi connectivity index (χ0v) is 11.7. The molecule has 2 nitrogen and oxygen atoms in total. The van der Waals surface area contributed by atoms with Crippen molar-refractivity contribution in [2.75, 3.05) is 18.4 Å². The molecular formula is C14H18BrNO. The Kier molecular flexibility index (Phi) is 4.35. The third-order valence-corrected chi connectivity index (χ3v) is 4.03. The molecule has 17 heavy (non-hydrogen) atoms. The van der Waals surface area contributed by atoms with Gasteiger partial charge in [-0.1, -0.05) is 53.2 Å². The molecular weight excluding hydrogens is 278 g/mol. The maximum Gasteiger partial charge on any atom is 0.148 e. The molecule has 0 bridgehead atoms. The molecule has 0 unspecified atom stereocenters. The van der Waals surface area contributed by atoms with Gasteiger partial charge in [0.15, 0.2) is 0 Å². The zero-order chi connectivity index (χ0) is 12.3. The van der Waals surface area contributed by atoms with E-state index in [-0.39, 0.29) is 5.92 Å². The van der Waals surface area contributed by atoms with Crippen LogP contribution in [0.25, 0.3) is 0 Å². The summed E-state index contributed by atoms with van der Waals surface area (Å²) in [6.45, 7) is 5.06. The Balaban J connectivity index is 1.95. The Labute approximate surface area is 111 Å². The van der Waals surface area contributed by atoms with Crippen LogP contribution in [0.2, 0.25) is 0 Å². The number of likely N-dealkylation sites (tertiary alicyclic amines) is 1. The average Bonchev–Trinajstić information content (AvgIpc) is 2.70. The number of carbonyl (C=O) groups excluding carboxylic acids is 1. The van der Waals surface area contributed by atoms with E-state index in [2.05, 4.69) is 52.0 Å². The SMILES string of the molecule is C[C@@H]1CN(Cc2ccccc2)C[C@@H]1C(=O)CBr. The predicted molar refractivity (Wildman–Crippen MR) is 73.2 cm³/mol. The molecule has 1 aliphatic rings. The molecule has 1 aromatic rings. The maximum absolute atomic E-state index is 11.7. The number of benzene rings is 1. The van der Waals surface area contributed by atoms with E-state index < -0.39 is 0 Å². The molecule has 1 heterocycles. The summed E-state index contributed by atoms with van der Waals surface area (Å²) in [5.41, 5.74) is 1.33. The summed E-state index contributed by atoms with van der Waals surface area (Å²) in [6, 6.07) is 10.5. The third kappa shape index (κ3) is 3.17. The van der Waals surface area contributed by atoms with Crippen LogP contribution in [-0.4, -0.2) is 29.1 Å². The molecule has 0 N–H and O–H groups in total. The number of halogens is 1. The van der Waals surface area contributed by atoms with Crippen LogP contribution >= 0.6 is 15.9 Å². The van der Waals surface area contributed by atoms with E-state index in [9.17, 15) is 4.79 Å². The minimum absolute atomic E-state index is 0.207. The number of ketones is 1. The summed E-state index contributed by atoms with van der Waals surface area (Å²) in [7, 11) is 0. The van der Waals surface area contributed by atoms with Crippen molar-refractivity contribution in [1.29, 1.82) is 0 Å². The quantitative estimate of drug-likeness (QED) is 0.796. The van der Waals surface area contributed by atoms with Gasteiger partial charge in [0, 0.05) is 25.6 Å². The molecule has 0 radical (unpaired) electrons. The molecule has 3 heteroatoms. The number of hydrogen-bond donors (Lipinski definition) is 0. The van der Waals surface area contributed by atoms with Crippen molar-refractivity contribution in [2.45, 2.75) is 13.5 Å². The molecule has 0 saturated carbocycles. The lowest BCUT2D eigenvalue weighted by Gasteiger charge is -2.15. The highest BCUT2D eigenvalue weighted by atomic mass is 79.9. The average molecular weight is 296 g/mol. The van der Waals surface area contributed by atoms with Crippen LogP contribution in [0.5, 0.6) is 0 Å². The fourth-order valence-corrected chi connectivity index (χ4v) is 2.97. The normalized spacial score (nSPS) is 25.1. The molecule has 2 rings (SSSR count). The van der Waals surface area contributed by atoms with E-state index in [1.807, 2.05) is 6.07 Å². The van der Waals surface area contributed by atoms with Gasteiger partial charge in [0.25, 0.3) is 0 Å². The van der Waals surface area contributed by atoms with Crippen LogP contribution in [0, 0.1) is 11.8 Å². The molecule has 0 aromatic heterocycles. The molecule has 1 fully saturated rings. The Morgan fingerprint density at radius 3 is 2.71 bits per heavy atom. The van der Waals surface area contributed by atoms with Crippen LogP contribution in [0.3, 0.4) is 0 Å². The van der Waals surface area contributed by atoms with Crippen LogP contribution in [-0.2, 0) is 11.3 Å². The number of Topliss-reactive ketones (excluding diaryl/α,β-unsaturated/α-hetero) is 1. The first-order valence-electron chi connectivity index (χ1n) is 6.05. The van der Waals surface area contributed by atoms with E-state index in [0.717, 1.165) is 19.6 Å². The van der Waals surface area contributed by atoms with Gasteiger partial charge in [0.1, 0.15) is 5.78 Å². The minimum Gasteiger partial charge on any atom is -0.298 e. The van der Waals surface area contributed by atoms with E-state index in [0.29, 0.717) is 17.0 Å². The molecule has 1 aliphatic heterocycles. The van der Waals surface area contributed by atoms with E-state index in [1.165, 1.54) is 5.56 Å². The predicted octanol–water partition coefficient (Wildman–Crippen LogP) is 2.72. The first-order chi connectivity index (χ1) is 8.20. The fourth-order valence-electron chi connectivity index (χ4n) is 2.56. The summed E-state index contributed by atoms with van der Waals surface area (Å²) in [4.78, 5) is 14.1. The van der Waals surface area contributed by atoms with Crippen LogP contribution in [0.1, 0.15) is 12.5 Å². The van der Waals surface area contributed by atoms with Gasteiger partial charge in [-0.25, -0.2) is 0 Å². The second-order valence-electron chi connectivity index (χ2n) is 4.86. The third-order valence-electron chi connectivity index (χ3n) is 3.48. The van der Waals surface area contributed by atoms with E-state index >= 15 is 0 Å². The summed E-state index contributed by atoms with van der Waals surface area (Å²) >= 11 is 3.27. The van der Waals surface area contributed by atoms with Crippen molar-refractivity contribution in [2.24, 2.45) is 11.8 Å². The number of rotatable bonds is 4. The standard InChI is InChI=1S/C14H18BrNO/c1-11-8-16(10-13(11)14(17)7-15)9-12-5-3-2-4-6-12/h2-6,11,13H,7-10H2,1H3/t11-,13+/m1/s1. The van der Waals surface area contributed by atoms with Gasteiger partial charge in [-0.3, -0.25) is 9.69 Å². The number of hydrogen-bond acceptors (Lipinski definition) is 2. The van der Waals surface area contributed by atoms with Crippen LogP contribution < -0.4 is 0 Å². The van der Waals surface area contributed by atoms with Gasteiger partial charge in [-0.2, -0.15) is 0 Å². The minimum atomic E-state index is 0.207. The second-order valence-corrected chi connectivity index (χ2v) is 5.42. The summed E-state index contributed by atoms with van der Waals surface area (Å²) in [5, 5.41) is 0.487. The first-order valence-corrected chi connectivity index (χ1v) is 7.18. The molecule has 0 spiro atoms. The van der Waals surface area contributed by atoms with Crippen LogP contribution in [0.4, 0.5) is 0 Å². The largest absolute Gasteiger partial charge is 0.298 e. The van der Waals surface area contributed by atoms with Crippen LogP contribution in [0.15, 0.2) is 30.3 Å². The van der Waals surface area contributed by atoms with Gasteiger partial charge in [-0.05, 0) is 11.5 Å². The lowest BCUT2D eigenvalue weighted by Crippen LogP contribution is -2.24. The highest BCUT2D eigenvalue weighted by Gasteiger charge is 2.33. The number of alkyl halides is 1. The highest BCUT2D eigenvalue weighted by molar-refractivity contribution is 9.09. The summed E-state index contributed by atoms with van der Waals surface area (Å²) in [6.07, 6.45) is 0. The van der Waals surface area contributed by atoms with Gasteiger partial charge in [0.2, 0.25) is 0 Å². The van der Waals surface area contributed by atoms with Gasteiger partial charge in [0.05, 0.1) is 5.33 Å². The summed E-state index contributed by atoms with van der Waals surface area (Å²) in [5.74, 6) is 1.02. The van der Waals surface area contributed by atoms with Gasteiger partial charge >= 0.3 is 0 Å². The van der Waals surface area contributed by atoms with Crippen molar-refractivity contribution in [3.05, 3.63) is 35.9 Å². The maximum atomic E-state index is 11.7. The summed E-state index contributed by atoms with van der Waals surface area (Å²) < 4.78 is 0. The van der Waals surface area contributed by atoms with E-state index in [1.54, 1.807) is 0 Å². The Bertz CT molecular complexity index is 379. The van der Waals surface area contributed by atoms with Gasteiger partial charge < -0.3 is 0 Å². The topological polar surface area (TPSA) is 20.3 Å². The lowest BCUT2D eigenvalue weighted by molar-refractivity contribution is -0.120. The Morgan fingerprint density at radius 2 is 2.06 bits per heavy atom. The zero-order valence-electron chi connectivity index (χ0n) is 10.1. The smallest absolute Gasteiger partial charge is 0.148 e. The Hall–Kier alpha value is -0.670. The molecule has 1 aromatic carbocycles. The first kappa shape index (κ1) is 12.8. The van der Waals surface area contributed by atoms with Crippen molar-refractivity contribution in [3.8, 4) is 0 Å². The second kappa shape index (κ2) is 5.78. The number of carbonyl (C=O) groups is 1.